The number of carbonyl (C=O) groups excluding carboxylic acids is 1. The van der Waals surface area contributed by atoms with Crippen molar-refractivity contribution in [2.75, 3.05) is 5.32 Å². The van der Waals surface area contributed by atoms with Crippen LogP contribution in [0, 0.1) is 13.8 Å². The lowest BCUT2D eigenvalue weighted by Crippen LogP contribution is -2.10. The maximum Gasteiger partial charge on any atom is 0.291 e. The molecule has 0 aliphatic heterocycles. The van der Waals surface area contributed by atoms with E-state index in [9.17, 15) is 4.79 Å². The molecule has 0 saturated carbocycles. The number of furan rings is 1. The molecule has 0 aliphatic carbocycles. The fourth-order valence-electron chi connectivity index (χ4n) is 3.08. The van der Waals surface area contributed by atoms with Gasteiger partial charge in [0.25, 0.3) is 5.91 Å². The van der Waals surface area contributed by atoms with Crippen LogP contribution < -0.4 is 5.32 Å². The first-order valence-electron chi connectivity index (χ1n) is 9.15. The highest BCUT2D eigenvalue weighted by Crippen LogP contribution is 2.18. The van der Waals surface area contributed by atoms with Gasteiger partial charge in [0.1, 0.15) is 5.76 Å². The predicted molar refractivity (Wildman–Crippen MR) is 110 cm³/mol. The molecule has 0 unspecified atom stereocenters. The summed E-state index contributed by atoms with van der Waals surface area (Å²) in [7, 11) is 0. The summed E-state index contributed by atoms with van der Waals surface area (Å²) in [5, 5.41) is 12.2. The highest BCUT2D eigenvalue weighted by Gasteiger charge is 2.14. The Kier molecular flexibility index (Phi) is 5.22. The number of benzene rings is 1. The van der Waals surface area contributed by atoms with Crippen LogP contribution in [0.25, 0.3) is 0 Å². The second kappa shape index (κ2) is 7.97. The number of rotatable bonds is 6. The standard InChI is InChI=1S/C21H20ClN5O2/c1-14-9-15(2)27(25-14)13-18-7-8-20(29-18)21(28)24-17-10-23-26(12-17)11-16-5-3-4-6-19(16)22/h3-10,12H,11,13H2,1-2H3,(H,24,28). The highest BCUT2D eigenvalue weighted by molar-refractivity contribution is 6.31. The van der Waals surface area contributed by atoms with Gasteiger partial charge in [-0.15, -0.1) is 0 Å². The summed E-state index contributed by atoms with van der Waals surface area (Å²) in [5.41, 5.74) is 3.52. The van der Waals surface area contributed by atoms with Crippen LogP contribution in [-0.4, -0.2) is 25.5 Å². The summed E-state index contributed by atoms with van der Waals surface area (Å²) in [6, 6.07) is 13.0. The van der Waals surface area contributed by atoms with Gasteiger partial charge in [0.15, 0.2) is 5.76 Å². The number of aryl methyl sites for hydroxylation is 2. The van der Waals surface area contributed by atoms with Gasteiger partial charge in [0, 0.05) is 16.9 Å². The van der Waals surface area contributed by atoms with Gasteiger partial charge in [-0.25, -0.2) is 0 Å². The van der Waals surface area contributed by atoms with Gasteiger partial charge >= 0.3 is 0 Å². The molecule has 4 rings (SSSR count). The summed E-state index contributed by atoms with van der Waals surface area (Å²) in [5.74, 6) is 0.568. The molecule has 0 bridgehead atoms. The van der Waals surface area contributed by atoms with Crippen LogP contribution in [0.1, 0.15) is 33.3 Å². The predicted octanol–water partition coefficient (Wildman–Crippen LogP) is 4.29. The summed E-state index contributed by atoms with van der Waals surface area (Å²) in [6.07, 6.45) is 3.34. The first-order chi connectivity index (χ1) is 14.0. The minimum atomic E-state index is -0.332. The number of nitrogens with one attached hydrogen (secondary N) is 1. The number of hydrogen-bond acceptors (Lipinski definition) is 4. The van der Waals surface area contributed by atoms with Crippen molar-refractivity contribution in [3.05, 3.63) is 88.4 Å². The Hall–Kier alpha value is -3.32. The smallest absolute Gasteiger partial charge is 0.291 e. The lowest BCUT2D eigenvalue weighted by molar-refractivity contribution is 0.0994. The van der Waals surface area contributed by atoms with Crippen LogP contribution >= 0.6 is 11.6 Å². The number of hydrogen-bond donors (Lipinski definition) is 1. The van der Waals surface area contributed by atoms with Crippen molar-refractivity contribution in [2.24, 2.45) is 0 Å². The number of halogens is 1. The lowest BCUT2D eigenvalue weighted by Gasteiger charge is -2.04. The summed E-state index contributed by atoms with van der Waals surface area (Å²) < 4.78 is 9.24. The average Bonchev–Trinajstić information content (AvgIpc) is 3.39. The van der Waals surface area contributed by atoms with Crippen molar-refractivity contribution in [3.8, 4) is 0 Å². The quantitative estimate of drug-likeness (QED) is 0.515. The Morgan fingerprint density at radius 3 is 2.76 bits per heavy atom. The van der Waals surface area contributed by atoms with E-state index in [4.69, 9.17) is 16.0 Å². The van der Waals surface area contributed by atoms with Crippen molar-refractivity contribution in [1.82, 2.24) is 19.6 Å². The largest absolute Gasteiger partial charge is 0.454 e. The van der Waals surface area contributed by atoms with E-state index < -0.39 is 0 Å². The summed E-state index contributed by atoms with van der Waals surface area (Å²) in [6.45, 7) is 4.92. The highest BCUT2D eigenvalue weighted by atomic mass is 35.5. The molecular formula is C21H20ClN5O2. The molecule has 8 heteroatoms. The van der Waals surface area contributed by atoms with Gasteiger partial charge in [-0.3, -0.25) is 14.2 Å². The van der Waals surface area contributed by atoms with Gasteiger partial charge in [0.2, 0.25) is 0 Å². The second-order valence-electron chi connectivity index (χ2n) is 6.82. The number of carbonyl (C=O) groups is 1. The molecule has 3 aromatic heterocycles. The van der Waals surface area contributed by atoms with Crippen molar-refractivity contribution >= 4 is 23.2 Å². The number of anilines is 1. The van der Waals surface area contributed by atoms with E-state index in [-0.39, 0.29) is 11.7 Å². The number of nitrogens with zero attached hydrogens (tertiary/aromatic N) is 4. The molecule has 1 N–H and O–H groups in total. The van der Waals surface area contributed by atoms with E-state index >= 15 is 0 Å². The van der Waals surface area contributed by atoms with Crippen LogP contribution in [0.3, 0.4) is 0 Å². The van der Waals surface area contributed by atoms with Gasteiger partial charge in [-0.1, -0.05) is 29.8 Å². The topological polar surface area (TPSA) is 77.9 Å². The van der Waals surface area contributed by atoms with Crippen LogP contribution in [-0.2, 0) is 13.1 Å². The molecule has 7 nitrogen and oxygen atoms in total. The van der Waals surface area contributed by atoms with E-state index in [2.05, 4.69) is 15.5 Å². The van der Waals surface area contributed by atoms with Crippen molar-refractivity contribution in [2.45, 2.75) is 26.9 Å². The maximum absolute atomic E-state index is 12.5. The van der Waals surface area contributed by atoms with Gasteiger partial charge in [-0.05, 0) is 43.7 Å². The fraction of sp³-hybridized carbons (Fsp3) is 0.190. The van der Waals surface area contributed by atoms with Gasteiger partial charge in [0.05, 0.1) is 30.7 Å². The Bertz CT molecular complexity index is 1160. The zero-order valence-corrected chi connectivity index (χ0v) is 16.8. The third kappa shape index (κ3) is 4.41. The maximum atomic E-state index is 12.5. The first-order valence-corrected chi connectivity index (χ1v) is 9.53. The van der Waals surface area contributed by atoms with E-state index in [0.29, 0.717) is 29.6 Å². The molecule has 0 spiro atoms. The molecule has 0 saturated heterocycles. The second-order valence-corrected chi connectivity index (χ2v) is 7.23. The fourth-order valence-corrected chi connectivity index (χ4v) is 3.27. The molecule has 0 radical (unpaired) electrons. The zero-order chi connectivity index (χ0) is 20.4. The molecule has 1 aromatic carbocycles. The molecule has 1 amide bonds. The molecule has 148 valence electrons. The van der Waals surface area contributed by atoms with Crippen LogP contribution in [0.15, 0.2) is 59.3 Å². The molecule has 0 aliphatic rings. The third-order valence-electron chi connectivity index (χ3n) is 4.48. The minimum Gasteiger partial charge on any atom is -0.454 e. The molecule has 29 heavy (non-hydrogen) atoms. The Morgan fingerprint density at radius 2 is 2.00 bits per heavy atom. The van der Waals surface area contributed by atoms with E-state index in [1.54, 1.807) is 29.2 Å². The Balaban J connectivity index is 1.40. The monoisotopic (exact) mass is 409 g/mol. The first kappa shape index (κ1) is 19.0. The SMILES string of the molecule is Cc1cc(C)n(Cc2ccc(C(=O)Nc3cnn(Cc4ccccc4Cl)c3)o2)n1. The normalized spacial score (nSPS) is 11.0. The molecule has 0 fully saturated rings. The van der Waals surface area contributed by atoms with Crippen molar-refractivity contribution in [1.29, 1.82) is 0 Å². The zero-order valence-electron chi connectivity index (χ0n) is 16.1. The molecular weight excluding hydrogens is 390 g/mol. The van der Waals surface area contributed by atoms with Crippen molar-refractivity contribution in [3.63, 3.8) is 0 Å². The summed E-state index contributed by atoms with van der Waals surface area (Å²) in [4.78, 5) is 12.5. The molecule has 3 heterocycles. The average molecular weight is 410 g/mol. The molecule has 4 aromatic rings. The van der Waals surface area contributed by atoms with E-state index in [1.807, 2.05) is 48.9 Å². The van der Waals surface area contributed by atoms with Gasteiger partial charge in [-0.2, -0.15) is 10.2 Å². The van der Waals surface area contributed by atoms with E-state index in [0.717, 1.165) is 17.0 Å². The van der Waals surface area contributed by atoms with Crippen LogP contribution in [0.4, 0.5) is 5.69 Å². The van der Waals surface area contributed by atoms with Crippen LogP contribution in [0.5, 0.6) is 0 Å². The van der Waals surface area contributed by atoms with E-state index in [1.165, 1.54) is 0 Å². The molecule has 0 atom stereocenters. The number of amides is 1. The Morgan fingerprint density at radius 1 is 1.17 bits per heavy atom. The third-order valence-corrected chi connectivity index (χ3v) is 4.84. The van der Waals surface area contributed by atoms with Crippen LogP contribution in [0.2, 0.25) is 5.02 Å². The Labute approximate surface area is 172 Å². The summed E-state index contributed by atoms with van der Waals surface area (Å²) >= 11 is 6.19. The van der Waals surface area contributed by atoms with Crippen molar-refractivity contribution < 1.29 is 9.21 Å². The number of aromatic nitrogens is 4. The lowest BCUT2D eigenvalue weighted by atomic mass is 10.2. The van der Waals surface area contributed by atoms with Gasteiger partial charge < -0.3 is 9.73 Å². The minimum absolute atomic E-state index is 0.236.